The Bertz CT molecular complexity index is 559. The van der Waals surface area contributed by atoms with E-state index in [1.807, 2.05) is 27.7 Å². The molecule has 0 fully saturated rings. The molecule has 0 amide bonds. The molecular weight excluding hydrogens is 444 g/mol. The first-order valence-corrected chi connectivity index (χ1v) is 13.9. The van der Waals surface area contributed by atoms with E-state index >= 15 is 0 Å². The molecule has 0 saturated carbocycles. The molecule has 0 saturated heterocycles. The van der Waals surface area contributed by atoms with Crippen molar-refractivity contribution in [2.45, 2.75) is 125 Å². The van der Waals surface area contributed by atoms with Gasteiger partial charge in [0.1, 0.15) is 13.2 Å². The molecule has 0 radical (unpaired) electrons. The van der Waals surface area contributed by atoms with Crippen LogP contribution in [0.2, 0.25) is 0 Å². The molecule has 1 atom stereocenters. The number of unbranched alkanes of at least 4 members (excludes halogenated alkanes) is 10. The molecule has 1 unspecified atom stereocenters. The first kappa shape index (κ1) is 33.6. The predicted molar refractivity (Wildman–Crippen MR) is 142 cm³/mol. The number of carbonyl (C=O) groups excluding carboxylic acids is 2. The van der Waals surface area contributed by atoms with E-state index in [0.29, 0.717) is 32.5 Å². The van der Waals surface area contributed by atoms with Crippen LogP contribution in [0.25, 0.3) is 0 Å². The van der Waals surface area contributed by atoms with Crippen LogP contribution in [-0.4, -0.2) is 38.4 Å². The fourth-order valence-electron chi connectivity index (χ4n) is 4.11. The topological polar surface area (TPSA) is 71.1 Å². The maximum absolute atomic E-state index is 12.8. The smallest absolute Gasteiger partial charge is 0.311 e. The number of carbonyl (C=O) groups is 2. The van der Waals surface area contributed by atoms with Crippen molar-refractivity contribution in [2.75, 3.05) is 26.4 Å². The summed E-state index contributed by atoms with van der Waals surface area (Å²) >= 11 is 0. The van der Waals surface area contributed by atoms with Crippen LogP contribution in [-0.2, 0) is 28.8 Å². The minimum Gasteiger partial charge on any atom is -0.465 e. The Labute approximate surface area is 215 Å². The van der Waals surface area contributed by atoms with Gasteiger partial charge in [0.05, 0.1) is 24.0 Å². The molecule has 0 aromatic rings. The highest BCUT2D eigenvalue weighted by Crippen LogP contribution is 2.38. The van der Waals surface area contributed by atoms with Gasteiger partial charge in [-0.05, 0) is 46.5 Å². The van der Waals surface area contributed by atoms with Crippen LogP contribution in [0, 0.1) is 10.8 Å². The van der Waals surface area contributed by atoms with Crippen LogP contribution in [0.15, 0.2) is 12.7 Å². The average Bonchev–Trinajstić information content (AvgIpc) is 2.83. The first-order valence-electron chi connectivity index (χ1n) is 13.9. The zero-order chi connectivity index (χ0) is 26.4. The van der Waals surface area contributed by atoms with Crippen molar-refractivity contribution >= 4 is 11.9 Å². The van der Waals surface area contributed by atoms with E-state index in [9.17, 15) is 9.59 Å². The lowest BCUT2D eigenvalue weighted by Gasteiger charge is -2.33. The lowest BCUT2D eigenvalue weighted by atomic mass is 9.72. The van der Waals surface area contributed by atoms with E-state index in [2.05, 4.69) is 13.5 Å². The summed E-state index contributed by atoms with van der Waals surface area (Å²) in [6, 6.07) is 0. The summed E-state index contributed by atoms with van der Waals surface area (Å²) in [7, 11) is 0. The highest BCUT2D eigenvalue weighted by molar-refractivity contribution is 5.80. The Morgan fingerprint density at radius 2 is 1.20 bits per heavy atom. The second-order valence-electron chi connectivity index (χ2n) is 10.5. The van der Waals surface area contributed by atoms with Gasteiger partial charge in [0.25, 0.3) is 0 Å². The maximum atomic E-state index is 12.8. The Kier molecular flexibility index (Phi) is 19.9. The normalized spacial score (nSPS) is 13.3. The molecule has 0 aromatic carbocycles. The third-order valence-corrected chi connectivity index (χ3v) is 6.53. The minimum atomic E-state index is -0.815. The van der Waals surface area contributed by atoms with Crippen LogP contribution in [0.4, 0.5) is 0 Å². The molecule has 0 rings (SSSR count). The molecule has 0 aliphatic rings. The fraction of sp³-hybridized carbons (Fsp3) is 0.862. The predicted octanol–water partition coefficient (Wildman–Crippen LogP) is 7.74. The molecule has 0 aromatic heterocycles. The van der Waals surface area contributed by atoms with Crippen molar-refractivity contribution in [3.05, 3.63) is 12.7 Å². The molecule has 35 heavy (non-hydrogen) atoms. The van der Waals surface area contributed by atoms with E-state index in [4.69, 9.17) is 19.2 Å². The molecule has 6 nitrogen and oxygen atoms in total. The lowest BCUT2D eigenvalue weighted by Crippen LogP contribution is -2.39. The molecule has 206 valence electrons. The molecule has 0 aliphatic carbocycles. The third-order valence-electron chi connectivity index (χ3n) is 6.53. The van der Waals surface area contributed by atoms with Crippen molar-refractivity contribution in [1.29, 1.82) is 0 Å². The maximum Gasteiger partial charge on any atom is 0.311 e. The Hall–Kier alpha value is -1.40. The number of hydrogen-bond acceptors (Lipinski definition) is 6. The van der Waals surface area contributed by atoms with E-state index < -0.39 is 10.8 Å². The van der Waals surface area contributed by atoms with Crippen LogP contribution in [0.1, 0.15) is 125 Å². The second kappa shape index (κ2) is 20.8. The van der Waals surface area contributed by atoms with Gasteiger partial charge in [0, 0.05) is 0 Å². The van der Waals surface area contributed by atoms with Gasteiger partial charge in [-0.25, -0.2) is 9.78 Å². The summed E-state index contributed by atoms with van der Waals surface area (Å²) in [6.07, 6.45) is 17.2. The highest BCUT2D eigenvalue weighted by atomic mass is 17.2. The third kappa shape index (κ3) is 16.8. The van der Waals surface area contributed by atoms with Crippen LogP contribution in [0.3, 0.4) is 0 Å². The average molecular weight is 499 g/mol. The van der Waals surface area contributed by atoms with Crippen molar-refractivity contribution < 1.29 is 28.8 Å². The van der Waals surface area contributed by atoms with E-state index in [1.165, 1.54) is 57.8 Å². The number of esters is 2. The van der Waals surface area contributed by atoms with Crippen molar-refractivity contribution in [2.24, 2.45) is 10.8 Å². The van der Waals surface area contributed by atoms with Gasteiger partial charge in [0.15, 0.2) is 0 Å². The van der Waals surface area contributed by atoms with Crippen LogP contribution in [0.5, 0.6) is 0 Å². The Morgan fingerprint density at radius 1 is 0.686 bits per heavy atom. The van der Waals surface area contributed by atoms with E-state index in [-0.39, 0.29) is 25.2 Å². The highest BCUT2D eigenvalue weighted by Gasteiger charge is 2.42. The first-order chi connectivity index (χ1) is 16.7. The van der Waals surface area contributed by atoms with Crippen molar-refractivity contribution in [1.82, 2.24) is 0 Å². The van der Waals surface area contributed by atoms with Gasteiger partial charge in [-0.3, -0.25) is 9.59 Å². The fourth-order valence-corrected chi connectivity index (χ4v) is 4.11. The molecule has 0 spiro atoms. The van der Waals surface area contributed by atoms with E-state index in [0.717, 1.165) is 12.8 Å². The zero-order valence-electron chi connectivity index (χ0n) is 23.5. The van der Waals surface area contributed by atoms with Crippen LogP contribution >= 0.6 is 0 Å². The summed E-state index contributed by atoms with van der Waals surface area (Å²) in [6.45, 7) is 14.4. The zero-order valence-corrected chi connectivity index (χ0v) is 23.5. The Balaban J connectivity index is 4.13. The molecule has 0 heterocycles. The van der Waals surface area contributed by atoms with Gasteiger partial charge < -0.3 is 9.47 Å². The molecule has 0 aliphatic heterocycles. The largest absolute Gasteiger partial charge is 0.465 e. The summed E-state index contributed by atoms with van der Waals surface area (Å²) in [4.78, 5) is 35.4. The standard InChI is InChI=1S/C29H54O6/c1-7-10-12-13-14-15-16-17-18-19-20-21-32-27(31)29(6,9-3)25-28(4,5)26(30)33-23-24-35-34-22-11-8-2/h8H,2,7,9-25H2,1,3-6H3. The number of hydrogen-bond donors (Lipinski definition) is 0. The van der Waals surface area contributed by atoms with Crippen molar-refractivity contribution in [3.8, 4) is 0 Å². The minimum absolute atomic E-state index is 0.0997. The second-order valence-corrected chi connectivity index (χ2v) is 10.5. The Morgan fingerprint density at radius 3 is 1.74 bits per heavy atom. The van der Waals surface area contributed by atoms with E-state index in [1.54, 1.807) is 6.08 Å². The van der Waals surface area contributed by atoms with Crippen molar-refractivity contribution in [3.63, 3.8) is 0 Å². The van der Waals surface area contributed by atoms with Gasteiger partial charge in [-0.15, -0.1) is 6.58 Å². The summed E-state index contributed by atoms with van der Waals surface area (Å²) in [5, 5.41) is 0. The monoisotopic (exact) mass is 498 g/mol. The van der Waals surface area contributed by atoms with Gasteiger partial charge in [-0.2, -0.15) is 0 Å². The summed E-state index contributed by atoms with van der Waals surface area (Å²) in [5.74, 6) is -0.586. The molecule has 6 heteroatoms. The summed E-state index contributed by atoms with van der Waals surface area (Å²) < 4.78 is 11.0. The number of rotatable bonds is 24. The lowest BCUT2D eigenvalue weighted by molar-refractivity contribution is -0.297. The van der Waals surface area contributed by atoms with Gasteiger partial charge in [-0.1, -0.05) is 84.1 Å². The number of ether oxygens (including phenoxy) is 2. The van der Waals surface area contributed by atoms with Gasteiger partial charge >= 0.3 is 11.9 Å². The molecular formula is C29H54O6. The SMILES string of the molecule is C=CCCOOCCOC(=O)C(C)(C)CC(C)(CC)C(=O)OCCCCCCCCCCCCC. The van der Waals surface area contributed by atoms with Gasteiger partial charge in [0.2, 0.25) is 0 Å². The van der Waals surface area contributed by atoms with Crippen LogP contribution < -0.4 is 0 Å². The quantitative estimate of drug-likeness (QED) is 0.0445. The summed E-state index contributed by atoms with van der Waals surface area (Å²) in [5.41, 5.74) is -1.55. The molecule has 0 bridgehead atoms. The molecule has 0 N–H and O–H groups in total.